The second kappa shape index (κ2) is 6.24. The zero-order valence-corrected chi connectivity index (χ0v) is 13.8. The van der Waals surface area contributed by atoms with Gasteiger partial charge in [-0.2, -0.15) is 0 Å². The van der Waals surface area contributed by atoms with Gasteiger partial charge in [-0.3, -0.25) is 10.1 Å². The summed E-state index contributed by atoms with van der Waals surface area (Å²) < 4.78 is 0. The third kappa shape index (κ3) is 2.95. The number of fused-ring (bicyclic) bond motifs is 1. The van der Waals surface area contributed by atoms with Crippen LogP contribution in [0.2, 0.25) is 0 Å². The highest BCUT2D eigenvalue weighted by Gasteiger charge is 2.39. The summed E-state index contributed by atoms with van der Waals surface area (Å²) in [5.74, 6) is -0.0668. The first-order valence-corrected chi connectivity index (χ1v) is 8.73. The summed E-state index contributed by atoms with van der Waals surface area (Å²) in [6, 6.07) is 0.00583. The number of rotatable bonds is 2. The van der Waals surface area contributed by atoms with E-state index in [1.165, 1.54) is 11.3 Å². The minimum Gasteiger partial charge on any atom is -0.350 e. The van der Waals surface area contributed by atoms with Crippen LogP contribution in [0.15, 0.2) is 0 Å². The third-order valence-electron chi connectivity index (χ3n) is 4.49. The molecule has 2 N–H and O–H groups in total. The molecule has 2 fully saturated rings. The van der Waals surface area contributed by atoms with E-state index >= 15 is 0 Å². The number of urea groups is 1. The highest BCUT2D eigenvalue weighted by molar-refractivity contribution is 7.15. The number of carbonyl (C=O) groups is 2. The molecule has 1 saturated heterocycles. The van der Waals surface area contributed by atoms with Crippen molar-refractivity contribution in [3.8, 4) is 0 Å². The van der Waals surface area contributed by atoms with E-state index in [1.54, 1.807) is 4.90 Å². The Bertz CT molecular complexity index is 586. The molecule has 22 heavy (non-hydrogen) atoms. The SMILES string of the molecule is CCc1nc(NC(=O)N2CC(=O)N[C@@H]3CCCC[C@@H]32)sc1C. The molecular weight excluding hydrogens is 300 g/mol. The lowest BCUT2D eigenvalue weighted by atomic mass is 9.87. The number of thiazole rings is 1. The standard InChI is InChI=1S/C15H22N4O2S/c1-3-10-9(2)22-14(17-10)18-15(21)19-8-13(20)16-11-6-4-5-7-12(11)19/h11-12H,3-8H2,1-2H3,(H,16,20)(H,17,18,21)/t11-,12+/m1/s1. The largest absolute Gasteiger partial charge is 0.350 e. The van der Waals surface area contributed by atoms with Crippen molar-refractivity contribution in [3.63, 3.8) is 0 Å². The molecule has 120 valence electrons. The van der Waals surface area contributed by atoms with Crippen LogP contribution in [-0.4, -0.2) is 40.5 Å². The molecule has 1 aromatic rings. The van der Waals surface area contributed by atoms with Crippen molar-refractivity contribution in [1.82, 2.24) is 15.2 Å². The van der Waals surface area contributed by atoms with Gasteiger partial charge in [0, 0.05) is 10.9 Å². The van der Waals surface area contributed by atoms with Crippen molar-refractivity contribution in [2.24, 2.45) is 0 Å². The second-order valence-corrected chi connectivity index (χ2v) is 7.16. The molecule has 1 saturated carbocycles. The molecule has 7 heteroatoms. The maximum Gasteiger partial charge on any atom is 0.324 e. The molecule has 1 aliphatic carbocycles. The van der Waals surface area contributed by atoms with Crippen LogP contribution in [0.4, 0.5) is 9.93 Å². The highest BCUT2D eigenvalue weighted by atomic mass is 32.1. The van der Waals surface area contributed by atoms with E-state index in [0.29, 0.717) is 5.13 Å². The van der Waals surface area contributed by atoms with E-state index in [4.69, 9.17) is 0 Å². The van der Waals surface area contributed by atoms with E-state index in [2.05, 4.69) is 22.5 Å². The molecule has 1 aliphatic heterocycles. The van der Waals surface area contributed by atoms with Crippen LogP contribution in [0.1, 0.15) is 43.2 Å². The number of aromatic nitrogens is 1. The molecule has 0 radical (unpaired) electrons. The fraction of sp³-hybridized carbons (Fsp3) is 0.667. The van der Waals surface area contributed by atoms with Crippen molar-refractivity contribution in [3.05, 3.63) is 10.6 Å². The Morgan fingerprint density at radius 3 is 2.95 bits per heavy atom. The summed E-state index contributed by atoms with van der Waals surface area (Å²) in [4.78, 5) is 31.7. The van der Waals surface area contributed by atoms with Crippen molar-refractivity contribution < 1.29 is 9.59 Å². The lowest BCUT2D eigenvalue weighted by molar-refractivity contribution is -0.126. The third-order valence-corrected chi connectivity index (χ3v) is 5.42. The molecule has 3 amide bonds. The van der Waals surface area contributed by atoms with E-state index in [9.17, 15) is 9.59 Å². The van der Waals surface area contributed by atoms with Gasteiger partial charge in [0.05, 0.1) is 11.7 Å². The summed E-state index contributed by atoms with van der Waals surface area (Å²) >= 11 is 1.49. The number of amides is 3. The van der Waals surface area contributed by atoms with Crippen LogP contribution in [0.3, 0.4) is 0 Å². The first-order chi connectivity index (χ1) is 10.6. The molecule has 6 nitrogen and oxygen atoms in total. The molecule has 2 heterocycles. The predicted molar refractivity (Wildman–Crippen MR) is 86.1 cm³/mol. The smallest absolute Gasteiger partial charge is 0.324 e. The van der Waals surface area contributed by atoms with Crippen molar-refractivity contribution in [2.75, 3.05) is 11.9 Å². The van der Waals surface area contributed by atoms with Gasteiger partial charge >= 0.3 is 6.03 Å². The number of nitrogens with one attached hydrogen (secondary N) is 2. The van der Waals surface area contributed by atoms with Crippen LogP contribution in [0.5, 0.6) is 0 Å². The van der Waals surface area contributed by atoms with Crippen LogP contribution >= 0.6 is 11.3 Å². The summed E-state index contributed by atoms with van der Waals surface area (Å²) in [7, 11) is 0. The first kappa shape index (κ1) is 15.3. The Balaban J connectivity index is 1.73. The van der Waals surface area contributed by atoms with Gasteiger partial charge in [-0.25, -0.2) is 9.78 Å². The van der Waals surface area contributed by atoms with Crippen LogP contribution in [0.25, 0.3) is 0 Å². The van der Waals surface area contributed by atoms with Crippen molar-refractivity contribution >= 4 is 28.4 Å². The molecule has 0 unspecified atom stereocenters. The molecular formula is C15H22N4O2S. The number of aryl methyl sites for hydroxylation is 2. The van der Waals surface area contributed by atoms with Gasteiger partial charge in [0.25, 0.3) is 0 Å². The van der Waals surface area contributed by atoms with Crippen molar-refractivity contribution in [1.29, 1.82) is 0 Å². The summed E-state index contributed by atoms with van der Waals surface area (Å²) in [5, 5.41) is 6.51. The van der Waals surface area contributed by atoms with Gasteiger partial charge < -0.3 is 10.2 Å². The average Bonchev–Trinajstić information content (AvgIpc) is 2.85. The zero-order chi connectivity index (χ0) is 15.7. The number of anilines is 1. The fourth-order valence-corrected chi connectivity index (χ4v) is 4.26. The van der Waals surface area contributed by atoms with E-state index in [0.717, 1.165) is 42.7 Å². The molecule has 0 aromatic carbocycles. The zero-order valence-electron chi connectivity index (χ0n) is 13.0. The molecule has 3 rings (SSSR count). The van der Waals surface area contributed by atoms with E-state index in [1.807, 2.05) is 6.92 Å². The topological polar surface area (TPSA) is 74.3 Å². The molecule has 2 aliphatic rings. The van der Waals surface area contributed by atoms with E-state index < -0.39 is 0 Å². The Labute approximate surface area is 134 Å². The van der Waals surface area contributed by atoms with Gasteiger partial charge in [-0.15, -0.1) is 11.3 Å². The molecule has 0 bridgehead atoms. The number of hydrogen-bond acceptors (Lipinski definition) is 4. The second-order valence-electron chi connectivity index (χ2n) is 5.96. The predicted octanol–water partition coefficient (Wildman–Crippen LogP) is 2.29. The lowest BCUT2D eigenvalue weighted by Gasteiger charge is -2.43. The summed E-state index contributed by atoms with van der Waals surface area (Å²) in [6.45, 7) is 4.20. The average molecular weight is 322 g/mol. The molecule has 1 aromatic heterocycles. The minimum atomic E-state index is -0.205. The first-order valence-electron chi connectivity index (χ1n) is 7.91. The van der Waals surface area contributed by atoms with Crippen LogP contribution in [0, 0.1) is 6.92 Å². The van der Waals surface area contributed by atoms with Crippen molar-refractivity contribution in [2.45, 2.75) is 58.0 Å². The Hall–Kier alpha value is -1.63. The maximum absolute atomic E-state index is 12.6. The minimum absolute atomic E-state index is 0.0668. The number of hydrogen-bond donors (Lipinski definition) is 2. The van der Waals surface area contributed by atoms with Gasteiger partial charge in [0.1, 0.15) is 6.54 Å². The van der Waals surface area contributed by atoms with Crippen LogP contribution in [-0.2, 0) is 11.2 Å². The van der Waals surface area contributed by atoms with Crippen LogP contribution < -0.4 is 10.6 Å². The Morgan fingerprint density at radius 1 is 1.45 bits per heavy atom. The Morgan fingerprint density at radius 2 is 2.23 bits per heavy atom. The Kier molecular flexibility index (Phi) is 4.33. The number of carbonyl (C=O) groups excluding carboxylic acids is 2. The van der Waals surface area contributed by atoms with Gasteiger partial charge in [0.2, 0.25) is 5.91 Å². The normalized spacial score (nSPS) is 24.6. The molecule has 0 spiro atoms. The van der Waals surface area contributed by atoms with Gasteiger partial charge in [-0.1, -0.05) is 19.8 Å². The van der Waals surface area contributed by atoms with Gasteiger partial charge in [0.15, 0.2) is 5.13 Å². The maximum atomic E-state index is 12.6. The quantitative estimate of drug-likeness (QED) is 0.877. The fourth-order valence-electron chi connectivity index (χ4n) is 3.37. The number of piperazine rings is 1. The highest BCUT2D eigenvalue weighted by Crippen LogP contribution is 2.27. The molecule has 2 atom stereocenters. The van der Waals surface area contributed by atoms with E-state index in [-0.39, 0.29) is 30.6 Å². The summed E-state index contributed by atoms with van der Waals surface area (Å²) in [6.07, 6.45) is 4.99. The summed E-state index contributed by atoms with van der Waals surface area (Å²) in [5.41, 5.74) is 1.02. The van der Waals surface area contributed by atoms with Gasteiger partial charge in [-0.05, 0) is 26.2 Å². The monoisotopic (exact) mass is 322 g/mol. The number of nitrogens with zero attached hydrogens (tertiary/aromatic N) is 2. The lowest BCUT2D eigenvalue weighted by Crippen LogP contribution is -2.63.